The molecule has 0 rings (SSSR count). The summed E-state index contributed by atoms with van der Waals surface area (Å²) in [5.74, 6) is 0.613. The van der Waals surface area contributed by atoms with Crippen LogP contribution in [-0.2, 0) is 17.7 Å². The van der Waals surface area contributed by atoms with Crippen molar-refractivity contribution in [2.75, 3.05) is 25.6 Å². The molecule has 0 aliphatic rings. The van der Waals surface area contributed by atoms with Gasteiger partial charge >= 0.3 is 9.05 Å². The van der Waals surface area contributed by atoms with Crippen molar-refractivity contribution >= 4 is 21.7 Å². The van der Waals surface area contributed by atoms with E-state index in [0.717, 1.165) is 0 Å². The molecule has 0 fully saturated rings. The van der Waals surface area contributed by atoms with E-state index in [-0.39, 0.29) is 6.10 Å². The molecular weight excluding hydrogens is 232 g/mol. The molecule has 0 aromatic carbocycles. The normalized spacial score (nSPS) is 14.2. The molecule has 1 atom stereocenters. The van der Waals surface area contributed by atoms with Gasteiger partial charge in [-0.05, 0) is 27.7 Å². The van der Waals surface area contributed by atoms with Gasteiger partial charge in [-0.1, -0.05) is 0 Å². The zero-order valence-electron chi connectivity index (χ0n) is 9.99. The van der Waals surface area contributed by atoms with Gasteiger partial charge < -0.3 is 17.7 Å². The zero-order valence-corrected chi connectivity index (χ0v) is 11.9. The molecule has 0 aliphatic heterocycles. The minimum Gasteiger partial charge on any atom is -0.351 e. The van der Waals surface area contributed by atoms with E-state index in [9.17, 15) is 0 Å². The van der Waals surface area contributed by atoms with Gasteiger partial charge in [-0.2, -0.15) is 12.6 Å². The Labute approximate surface area is 99.1 Å². The molecule has 0 spiro atoms. The number of thiol groups is 1. The smallest absolute Gasteiger partial charge is 0.351 e. The molecule has 0 radical (unpaired) electrons. The molecule has 0 aromatic rings. The largest absolute Gasteiger partial charge is 0.679 e. The highest BCUT2D eigenvalue weighted by atomic mass is 32.1. The number of hydrogen-bond acceptors (Lipinski definition) is 5. The van der Waals surface area contributed by atoms with Crippen LogP contribution in [0.15, 0.2) is 0 Å². The Hall–Kier alpha value is 0.407. The third-order valence-electron chi connectivity index (χ3n) is 1.57. The zero-order chi connectivity index (χ0) is 11.7. The average molecular weight is 254 g/mol. The maximum absolute atomic E-state index is 5.70. The SMILES string of the molecule is CCO[Si](OCC)(OCC)OC(C)CS. The highest BCUT2D eigenvalue weighted by Gasteiger charge is 2.46. The van der Waals surface area contributed by atoms with Gasteiger partial charge in [0.05, 0.1) is 6.10 Å². The van der Waals surface area contributed by atoms with E-state index in [2.05, 4.69) is 12.6 Å². The van der Waals surface area contributed by atoms with Gasteiger partial charge in [-0.25, -0.2) is 0 Å². The molecule has 0 amide bonds. The van der Waals surface area contributed by atoms with Crippen LogP contribution in [0.3, 0.4) is 0 Å². The summed E-state index contributed by atoms with van der Waals surface area (Å²) in [6.07, 6.45) is -0.0374. The highest BCUT2D eigenvalue weighted by Crippen LogP contribution is 2.15. The standard InChI is InChI=1S/C9H22O4SSi/c1-5-10-15(11-6-2,12-7-3)13-9(4)8-14/h9,14H,5-8H2,1-4H3. The van der Waals surface area contributed by atoms with Crippen LogP contribution in [0.4, 0.5) is 0 Å². The second kappa shape index (κ2) is 8.55. The van der Waals surface area contributed by atoms with E-state index in [1.807, 2.05) is 27.7 Å². The summed E-state index contributed by atoms with van der Waals surface area (Å²) in [5, 5.41) is 0. The topological polar surface area (TPSA) is 36.9 Å². The lowest BCUT2D eigenvalue weighted by atomic mass is 10.5. The van der Waals surface area contributed by atoms with Crippen molar-refractivity contribution in [3.05, 3.63) is 0 Å². The van der Waals surface area contributed by atoms with Crippen molar-refractivity contribution in [2.45, 2.75) is 33.8 Å². The molecular formula is C9H22O4SSi. The molecule has 15 heavy (non-hydrogen) atoms. The quantitative estimate of drug-likeness (QED) is 0.503. The van der Waals surface area contributed by atoms with Crippen molar-refractivity contribution in [1.29, 1.82) is 0 Å². The highest BCUT2D eigenvalue weighted by molar-refractivity contribution is 7.80. The molecule has 0 bridgehead atoms. The van der Waals surface area contributed by atoms with Crippen LogP contribution in [0.1, 0.15) is 27.7 Å². The van der Waals surface area contributed by atoms with Crippen LogP contribution >= 0.6 is 12.6 Å². The van der Waals surface area contributed by atoms with Crippen molar-refractivity contribution in [2.24, 2.45) is 0 Å². The fraction of sp³-hybridized carbons (Fsp3) is 1.00. The van der Waals surface area contributed by atoms with Gasteiger partial charge in [0.1, 0.15) is 0 Å². The molecule has 92 valence electrons. The summed E-state index contributed by atoms with van der Waals surface area (Å²) < 4.78 is 22.3. The molecule has 0 saturated carbocycles. The minimum absolute atomic E-state index is 0.0374. The van der Waals surface area contributed by atoms with Crippen LogP contribution in [0.25, 0.3) is 0 Å². The Kier molecular flexibility index (Phi) is 8.78. The van der Waals surface area contributed by atoms with Crippen LogP contribution < -0.4 is 0 Å². The second-order valence-corrected chi connectivity index (χ2v) is 5.38. The second-order valence-electron chi connectivity index (χ2n) is 2.91. The van der Waals surface area contributed by atoms with E-state index < -0.39 is 9.05 Å². The van der Waals surface area contributed by atoms with Gasteiger partial charge in [-0.3, -0.25) is 0 Å². The third kappa shape index (κ3) is 5.89. The maximum Gasteiger partial charge on any atom is 0.679 e. The Balaban J connectivity index is 4.44. The van der Waals surface area contributed by atoms with Crippen molar-refractivity contribution in [1.82, 2.24) is 0 Å². The summed E-state index contributed by atoms with van der Waals surface area (Å²) in [7, 11) is -2.93. The van der Waals surface area contributed by atoms with E-state index in [1.54, 1.807) is 0 Å². The number of rotatable bonds is 9. The molecule has 6 heteroatoms. The first-order valence-electron chi connectivity index (χ1n) is 5.34. The molecule has 0 N–H and O–H groups in total. The molecule has 0 heterocycles. The summed E-state index contributed by atoms with van der Waals surface area (Å²) >= 11 is 4.16. The fourth-order valence-electron chi connectivity index (χ4n) is 1.04. The van der Waals surface area contributed by atoms with E-state index >= 15 is 0 Å². The molecule has 0 saturated heterocycles. The third-order valence-corrected chi connectivity index (χ3v) is 4.70. The van der Waals surface area contributed by atoms with Crippen LogP contribution in [-0.4, -0.2) is 40.7 Å². The minimum atomic E-state index is -2.93. The van der Waals surface area contributed by atoms with Crippen LogP contribution in [0.5, 0.6) is 0 Å². The van der Waals surface area contributed by atoms with Crippen LogP contribution in [0, 0.1) is 0 Å². The maximum atomic E-state index is 5.70. The molecule has 0 aromatic heterocycles. The summed E-state index contributed by atoms with van der Waals surface area (Å²) in [6.45, 7) is 9.17. The van der Waals surface area contributed by atoms with E-state index in [1.165, 1.54) is 0 Å². The molecule has 1 unspecified atom stereocenters. The lowest BCUT2D eigenvalue weighted by Crippen LogP contribution is -2.51. The van der Waals surface area contributed by atoms with Gasteiger partial charge in [0.15, 0.2) is 0 Å². The average Bonchev–Trinajstić information content (AvgIpc) is 2.18. The summed E-state index contributed by atoms with van der Waals surface area (Å²) in [6, 6.07) is 0. The Morgan fingerprint density at radius 3 is 1.67 bits per heavy atom. The van der Waals surface area contributed by atoms with Gasteiger partial charge in [-0.15, -0.1) is 0 Å². The Bertz CT molecular complexity index is 142. The predicted molar refractivity (Wildman–Crippen MR) is 65.0 cm³/mol. The Morgan fingerprint density at radius 2 is 1.40 bits per heavy atom. The van der Waals surface area contributed by atoms with E-state index in [0.29, 0.717) is 25.6 Å². The summed E-state index contributed by atoms with van der Waals surface area (Å²) in [5.41, 5.74) is 0. The van der Waals surface area contributed by atoms with Crippen LogP contribution in [0.2, 0.25) is 0 Å². The van der Waals surface area contributed by atoms with Gasteiger partial charge in [0.2, 0.25) is 0 Å². The molecule has 4 nitrogen and oxygen atoms in total. The van der Waals surface area contributed by atoms with Crippen molar-refractivity contribution in [3.8, 4) is 0 Å². The van der Waals surface area contributed by atoms with E-state index in [4.69, 9.17) is 17.7 Å². The molecule has 0 aliphatic carbocycles. The van der Waals surface area contributed by atoms with Crippen molar-refractivity contribution < 1.29 is 17.7 Å². The van der Waals surface area contributed by atoms with Gasteiger partial charge in [0, 0.05) is 25.6 Å². The lowest BCUT2D eigenvalue weighted by Gasteiger charge is -2.29. The fourth-order valence-corrected chi connectivity index (χ4v) is 3.35. The first-order valence-corrected chi connectivity index (χ1v) is 7.61. The Morgan fingerprint density at radius 1 is 1.00 bits per heavy atom. The lowest BCUT2D eigenvalue weighted by molar-refractivity contribution is -0.0416. The number of hydrogen-bond donors (Lipinski definition) is 1. The first-order chi connectivity index (χ1) is 7.14. The van der Waals surface area contributed by atoms with Crippen molar-refractivity contribution in [3.63, 3.8) is 0 Å². The predicted octanol–water partition coefficient (Wildman–Crippen LogP) is 1.87. The monoisotopic (exact) mass is 254 g/mol. The first kappa shape index (κ1) is 15.4. The summed E-state index contributed by atoms with van der Waals surface area (Å²) in [4.78, 5) is 0. The van der Waals surface area contributed by atoms with Gasteiger partial charge in [0.25, 0.3) is 0 Å².